The zero-order valence-corrected chi connectivity index (χ0v) is 18.6. The highest BCUT2D eigenvalue weighted by atomic mass is 16.6. The van der Waals surface area contributed by atoms with Crippen molar-refractivity contribution in [2.24, 2.45) is 0 Å². The molecule has 0 aliphatic heterocycles. The number of benzene rings is 4. The number of carbonyl (C=O) groups excluding carboxylic acids is 3. The van der Waals surface area contributed by atoms with Crippen molar-refractivity contribution in [2.45, 2.75) is 0 Å². The average molecular weight is 488 g/mol. The van der Waals surface area contributed by atoms with E-state index in [1.165, 1.54) is 48.5 Å². The standard InChI is InChI=1S/2C13H10O3.CH2O3/c2*14-11-5-1-9(2-6-11)13(16)10-3-7-12(15)8-4-10;2-1(3)4/h2*1-8,14-15H;(H2,2,3,4)/p-2. The van der Waals surface area contributed by atoms with Gasteiger partial charge in [0, 0.05) is 22.3 Å². The number of aromatic hydroxyl groups is 4. The lowest BCUT2D eigenvalue weighted by molar-refractivity contribution is -0.415. The van der Waals surface area contributed by atoms with E-state index in [9.17, 15) is 9.59 Å². The number of carbonyl (C=O) groups is 3. The van der Waals surface area contributed by atoms with E-state index in [0.717, 1.165) is 0 Å². The predicted molar refractivity (Wildman–Crippen MR) is 125 cm³/mol. The van der Waals surface area contributed by atoms with Crippen LogP contribution >= 0.6 is 0 Å². The summed E-state index contributed by atoms with van der Waals surface area (Å²) in [7, 11) is 0. The molecule has 0 aliphatic carbocycles. The zero-order chi connectivity index (χ0) is 26.7. The van der Waals surface area contributed by atoms with Crippen LogP contribution in [0.4, 0.5) is 4.79 Å². The second-order valence-electron chi connectivity index (χ2n) is 7.10. The van der Waals surface area contributed by atoms with Crippen LogP contribution in [0.15, 0.2) is 97.1 Å². The summed E-state index contributed by atoms with van der Waals surface area (Å²) in [6.45, 7) is 0. The number of carboxylic acid groups (broad SMARTS) is 2. The van der Waals surface area contributed by atoms with Crippen LogP contribution in [0.3, 0.4) is 0 Å². The van der Waals surface area contributed by atoms with Crippen LogP contribution < -0.4 is 10.2 Å². The Morgan fingerprint density at radius 1 is 0.389 bits per heavy atom. The molecule has 0 aromatic heterocycles. The molecule has 0 saturated heterocycles. The normalized spacial score (nSPS) is 9.56. The van der Waals surface area contributed by atoms with Crippen molar-refractivity contribution in [2.75, 3.05) is 0 Å². The molecule has 36 heavy (non-hydrogen) atoms. The zero-order valence-electron chi connectivity index (χ0n) is 18.6. The third-order valence-electron chi connectivity index (χ3n) is 4.52. The highest BCUT2D eigenvalue weighted by molar-refractivity contribution is 6.09. The number of hydrogen-bond acceptors (Lipinski definition) is 9. The monoisotopic (exact) mass is 488 g/mol. The fourth-order valence-corrected chi connectivity index (χ4v) is 2.78. The maximum atomic E-state index is 11.9. The molecule has 9 nitrogen and oxygen atoms in total. The first-order chi connectivity index (χ1) is 17.1. The summed E-state index contributed by atoms with van der Waals surface area (Å²) in [6, 6.07) is 24.2. The summed E-state index contributed by atoms with van der Waals surface area (Å²) in [5.41, 5.74) is 2.01. The Balaban J connectivity index is 0.000000221. The third-order valence-corrected chi connectivity index (χ3v) is 4.52. The topological polar surface area (TPSA) is 178 Å². The molecule has 184 valence electrons. The summed E-state index contributed by atoms with van der Waals surface area (Å²) in [6.07, 6.45) is -2.33. The lowest BCUT2D eigenvalue weighted by Crippen LogP contribution is -2.37. The molecule has 0 aliphatic rings. The van der Waals surface area contributed by atoms with E-state index < -0.39 is 6.16 Å². The minimum absolute atomic E-state index is 0.127. The maximum Gasteiger partial charge on any atom is 0.193 e. The number of rotatable bonds is 4. The first-order valence-electron chi connectivity index (χ1n) is 10.2. The fraction of sp³-hybridized carbons (Fsp3) is 0. The van der Waals surface area contributed by atoms with Gasteiger partial charge in [-0.2, -0.15) is 0 Å². The summed E-state index contributed by atoms with van der Waals surface area (Å²) in [5.74, 6) is 0.231. The molecular formula is C27H20O9-2. The van der Waals surface area contributed by atoms with Gasteiger partial charge in [0.15, 0.2) is 11.6 Å². The summed E-state index contributed by atoms with van der Waals surface area (Å²) in [5, 5.41) is 53.1. The van der Waals surface area contributed by atoms with Gasteiger partial charge in [-0.3, -0.25) is 9.59 Å². The molecule has 0 radical (unpaired) electrons. The van der Waals surface area contributed by atoms with Gasteiger partial charge in [-0.05, 0) is 103 Å². The summed E-state index contributed by atoms with van der Waals surface area (Å²) < 4.78 is 0. The number of phenols is 4. The summed E-state index contributed by atoms with van der Waals surface area (Å²) >= 11 is 0. The van der Waals surface area contributed by atoms with Gasteiger partial charge in [-0.15, -0.1) is 0 Å². The van der Waals surface area contributed by atoms with Crippen molar-refractivity contribution < 1.29 is 45.0 Å². The van der Waals surface area contributed by atoms with Crippen LogP contribution in [0.1, 0.15) is 31.8 Å². The van der Waals surface area contributed by atoms with E-state index in [1.54, 1.807) is 48.5 Å². The first-order valence-corrected chi connectivity index (χ1v) is 10.2. The number of hydrogen-bond donors (Lipinski definition) is 4. The van der Waals surface area contributed by atoms with E-state index in [0.29, 0.717) is 22.3 Å². The fourth-order valence-electron chi connectivity index (χ4n) is 2.78. The van der Waals surface area contributed by atoms with Crippen molar-refractivity contribution in [3.63, 3.8) is 0 Å². The van der Waals surface area contributed by atoms with Crippen molar-refractivity contribution in [3.8, 4) is 23.0 Å². The van der Waals surface area contributed by atoms with Crippen LogP contribution in [-0.2, 0) is 0 Å². The maximum absolute atomic E-state index is 11.9. The number of ketones is 2. The third kappa shape index (κ3) is 8.56. The quantitative estimate of drug-likeness (QED) is 0.313. The molecule has 0 heterocycles. The van der Waals surface area contributed by atoms with Gasteiger partial charge in [0.2, 0.25) is 0 Å². The van der Waals surface area contributed by atoms with Gasteiger partial charge in [0.05, 0.1) is 0 Å². The largest absolute Gasteiger partial charge is 0.652 e. The molecule has 0 fully saturated rings. The Hall–Kier alpha value is -5.31. The Morgan fingerprint density at radius 2 is 0.528 bits per heavy atom. The molecule has 0 amide bonds. The van der Waals surface area contributed by atoms with Crippen LogP contribution in [0.5, 0.6) is 23.0 Å². The Labute approximate surface area is 205 Å². The number of phenolic OH excluding ortho intramolecular Hbond substituents is 4. The van der Waals surface area contributed by atoms with Gasteiger partial charge < -0.3 is 35.4 Å². The van der Waals surface area contributed by atoms with E-state index in [1.807, 2.05) is 0 Å². The van der Waals surface area contributed by atoms with Crippen molar-refractivity contribution in [1.82, 2.24) is 0 Å². The highest BCUT2D eigenvalue weighted by Crippen LogP contribution is 2.17. The van der Waals surface area contributed by atoms with E-state index in [2.05, 4.69) is 0 Å². The van der Waals surface area contributed by atoms with Crippen LogP contribution in [0.25, 0.3) is 0 Å². The van der Waals surface area contributed by atoms with E-state index >= 15 is 0 Å². The molecular weight excluding hydrogens is 468 g/mol. The lowest BCUT2D eigenvalue weighted by atomic mass is 10.0. The summed E-state index contributed by atoms with van der Waals surface area (Å²) in [4.78, 5) is 32.1. The van der Waals surface area contributed by atoms with Crippen molar-refractivity contribution >= 4 is 17.7 Å². The smallest absolute Gasteiger partial charge is 0.193 e. The van der Waals surface area contributed by atoms with E-state index in [4.69, 9.17) is 35.4 Å². The van der Waals surface area contributed by atoms with Gasteiger partial charge in [0.25, 0.3) is 0 Å². The SMILES string of the molecule is O=C([O-])[O-].O=C(c1ccc(O)cc1)c1ccc(O)cc1.O=C(c1ccc(O)cc1)c1ccc(O)cc1. The second kappa shape index (κ2) is 12.8. The van der Waals surface area contributed by atoms with Crippen LogP contribution in [0.2, 0.25) is 0 Å². The van der Waals surface area contributed by atoms with E-state index in [-0.39, 0.29) is 34.6 Å². The molecule has 4 aromatic rings. The van der Waals surface area contributed by atoms with Gasteiger partial charge in [-0.1, -0.05) is 0 Å². The predicted octanol–water partition coefficient (Wildman–Crippen LogP) is 2.21. The van der Waals surface area contributed by atoms with Crippen LogP contribution in [-0.4, -0.2) is 38.1 Å². The van der Waals surface area contributed by atoms with Crippen LogP contribution in [0, 0.1) is 0 Å². The van der Waals surface area contributed by atoms with Gasteiger partial charge >= 0.3 is 0 Å². The van der Waals surface area contributed by atoms with Crippen molar-refractivity contribution in [3.05, 3.63) is 119 Å². The molecule has 0 unspecified atom stereocenters. The highest BCUT2D eigenvalue weighted by Gasteiger charge is 2.09. The first kappa shape index (κ1) is 26.9. The molecule has 0 bridgehead atoms. The Morgan fingerprint density at radius 3 is 0.667 bits per heavy atom. The van der Waals surface area contributed by atoms with Gasteiger partial charge in [0.1, 0.15) is 23.0 Å². The molecule has 0 spiro atoms. The molecule has 4 rings (SSSR count). The molecule has 0 atom stereocenters. The Kier molecular flexibility index (Phi) is 9.58. The van der Waals surface area contributed by atoms with Crippen molar-refractivity contribution in [1.29, 1.82) is 0 Å². The Bertz CT molecular complexity index is 1100. The minimum atomic E-state index is -2.33. The second-order valence-corrected chi connectivity index (χ2v) is 7.10. The molecule has 4 aromatic carbocycles. The van der Waals surface area contributed by atoms with Gasteiger partial charge in [-0.25, -0.2) is 0 Å². The molecule has 9 heteroatoms. The molecule has 0 saturated carbocycles. The molecule has 4 N–H and O–H groups in total. The lowest BCUT2D eigenvalue weighted by Gasteiger charge is -2.01. The minimum Gasteiger partial charge on any atom is -0.652 e. The average Bonchev–Trinajstić information content (AvgIpc) is 2.85.